The van der Waals surface area contributed by atoms with Gasteiger partial charge in [-0.2, -0.15) is 0 Å². The zero-order chi connectivity index (χ0) is 16.1. The van der Waals surface area contributed by atoms with E-state index in [0.29, 0.717) is 15.8 Å². The number of oxime groups is 1. The van der Waals surface area contributed by atoms with Gasteiger partial charge in [-0.3, -0.25) is 0 Å². The molecule has 0 heterocycles. The minimum absolute atomic E-state index is 0.145. The van der Waals surface area contributed by atoms with Crippen molar-refractivity contribution >= 4 is 34.9 Å². The zero-order valence-electron chi connectivity index (χ0n) is 12.2. The van der Waals surface area contributed by atoms with Crippen molar-refractivity contribution < 1.29 is 9.63 Å². The monoisotopic (exact) mass is 335 g/mol. The Balaban J connectivity index is 2.44. The molecule has 0 aliphatic rings. The minimum atomic E-state index is -0.453. The molecule has 0 aromatic heterocycles. The molecule has 0 saturated heterocycles. The molecule has 0 spiro atoms. The first-order valence-corrected chi connectivity index (χ1v) is 7.46. The highest BCUT2D eigenvalue weighted by Gasteiger charge is 2.18. The summed E-state index contributed by atoms with van der Waals surface area (Å²) in [4.78, 5) is 15.7. The number of rotatable bonds is 4. The molecule has 0 fully saturated rings. The minimum Gasteiger partial charge on any atom is -0.319 e. The second kappa shape index (κ2) is 7.43. The first-order valence-electron chi connectivity index (χ1n) is 6.70. The van der Waals surface area contributed by atoms with E-state index >= 15 is 0 Å². The Morgan fingerprint density at radius 1 is 0.909 bits per heavy atom. The normalized spacial score (nSPS) is 11.6. The van der Waals surface area contributed by atoms with Gasteiger partial charge in [0, 0.05) is 17.0 Å². The Bertz CT molecular complexity index is 633. The lowest BCUT2D eigenvalue weighted by atomic mass is 9.88. The molecule has 0 N–H and O–H groups in total. The highest BCUT2D eigenvalue weighted by molar-refractivity contribution is 6.30. The average Bonchev–Trinajstić information content (AvgIpc) is 2.49. The van der Waals surface area contributed by atoms with E-state index in [2.05, 4.69) is 5.16 Å². The van der Waals surface area contributed by atoms with Gasteiger partial charge >= 0.3 is 5.97 Å². The van der Waals surface area contributed by atoms with Gasteiger partial charge in [-0.05, 0) is 42.3 Å². The molecule has 0 aliphatic heterocycles. The maximum atomic E-state index is 11.0. The van der Waals surface area contributed by atoms with Crippen LogP contribution in [-0.2, 0) is 9.63 Å². The first kappa shape index (κ1) is 16.5. The van der Waals surface area contributed by atoms with Crippen LogP contribution in [0.2, 0.25) is 10.0 Å². The lowest BCUT2D eigenvalue weighted by molar-refractivity contribution is -0.140. The molecule has 0 radical (unpaired) electrons. The number of nitrogens with zero attached hydrogens (tertiary/aromatic N) is 1. The molecule has 0 amide bonds. The van der Waals surface area contributed by atoms with Gasteiger partial charge in [-0.25, -0.2) is 4.79 Å². The number of hydrogen-bond acceptors (Lipinski definition) is 3. The zero-order valence-corrected chi connectivity index (χ0v) is 13.7. The van der Waals surface area contributed by atoms with Crippen LogP contribution in [0.1, 0.15) is 30.9 Å². The summed E-state index contributed by atoms with van der Waals surface area (Å²) >= 11 is 11.9. The van der Waals surface area contributed by atoms with Crippen molar-refractivity contribution in [3.63, 3.8) is 0 Å². The fourth-order valence-corrected chi connectivity index (χ4v) is 2.43. The van der Waals surface area contributed by atoms with Crippen LogP contribution in [-0.4, -0.2) is 11.7 Å². The third-order valence-electron chi connectivity index (χ3n) is 3.14. The molecular weight excluding hydrogens is 321 g/mol. The quantitative estimate of drug-likeness (QED) is 0.444. The van der Waals surface area contributed by atoms with Gasteiger partial charge in [-0.15, -0.1) is 0 Å². The smallest absolute Gasteiger partial charge is 0.319 e. The number of carbonyl (C=O) groups excluding carboxylic acids is 1. The Hall–Kier alpha value is -1.84. The molecule has 114 valence electrons. The predicted octanol–water partition coefficient (Wildman–Crippen LogP) is 5.06. The largest absolute Gasteiger partial charge is 0.331 e. The summed E-state index contributed by atoms with van der Waals surface area (Å²) in [6, 6.07) is 15.0. The van der Waals surface area contributed by atoms with E-state index in [1.165, 1.54) is 6.92 Å². The lowest BCUT2D eigenvalue weighted by Gasteiger charge is -2.17. The molecule has 0 aliphatic carbocycles. The van der Waals surface area contributed by atoms with Crippen LogP contribution in [0.4, 0.5) is 0 Å². The maximum Gasteiger partial charge on any atom is 0.331 e. The first-order chi connectivity index (χ1) is 10.5. The standard InChI is InChI=1S/C17H15Cl2NO2/c1-11(20-22-12(2)21)17(13-3-7-15(18)8-4-13)14-5-9-16(19)10-6-14/h3-10,17H,1-2H3/b20-11+. The number of benzene rings is 2. The van der Waals surface area contributed by atoms with Crippen molar-refractivity contribution in [1.29, 1.82) is 0 Å². The highest BCUT2D eigenvalue weighted by atomic mass is 35.5. The second-order valence-electron chi connectivity index (χ2n) is 4.85. The van der Waals surface area contributed by atoms with Gasteiger partial charge in [0.15, 0.2) is 0 Å². The summed E-state index contributed by atoms with van der Waals surface area (Å²) in [5, 5.41) is 5.24. The van der Waals surface area contributed by atoms with Crippen molar-refractivity contribution in [3.05, 3.63) is 69.7 Å². The molecule has 2 aromatic carbocycles. The number of halogens is 2. The summed E-state index contributed by atoms with van der Waals surface area (Å²) in [6.07, 6.45) is 0. The van der Waals surface area contributed by atoms with Crippen molar-refractivity contribution in [1.82, 2.24) is 0 Å². The number of hydrogen-bond donors (Lipinski definition) is 0. The van der Waals surface area contributed by atoms with Gasteiger partial charge in [0.05, 0.1) is 11.6 Å². The fraction of sp³-hybridized carbons (Fsp3) is 0.176. The van der Waals surface area contributed by atoms with E-state index in [1.54, 1.807) is 0 Å². The molecule has 0 saturated carbocycles. The molecule has 2 aromatic rings. The van der Waals surface area contributed by atoms with Crippen LogP contribution in [0, 0.1) is 0 Å². The Morgan fingerprint density at radius 3 is 1.68 bits per heavy atom. The van der Waals surface area contributed by atoms with Crippen LogP contribution in [0.15, 0.2) is 53.7 Å². The molecule has 0 unspecified atom stereocenters. The summed E-state index contributed by atoms with van der Waals surface area (Å²) in [6.45, 7) is 3.13. The van der Waals surface area contributed by atoms with Crippen LogP contribution >= 0.6 is 23.2 Å². The van der Waals surface area contributed by atoms with E-state index in [-0.39, 0.29) is 5.92 Å². The summed E-state index contributed by atoms with van der Waals surface area (Å²) < 4.78 is 0. The van der Waals surface area contributed by atoms with E-state index in [4.69, 9.17) is 28.0 Å². The van der Waals surface area contributed by atoms with Crippen LogP contribution in [0.25, 0.3) is 0 Å². The summed E-state index contributed by atoms with van der Waals surface area (Å²) in [5.74, 6) is -0.598. The van der Waals surface area contributed by atoms with Crippen LogP contribution in [0.3, 0.4) is 0 Å². The van der Waals surface area contributed by atoms with E-state index in [9.17, 15) is 4.79 Å². The van der Waals surface area contributed by atoms with Crippen molar-refractivity contribution in [2.45, 2.75) is 19.8 Å². The Morgan fingerprint density at radius 2 is 1.32 bits per heavy atom. The fourth-order valence-electron chi connectivity index (χ4n) is 2.17. The Kier molecular flexibility index (Phi) is 5.58. The van der Waals surface area contributed by atoms with E-state index in [1.807, 2.05) is 55.5 Å². The number of carbonyl (C=O) groups is 1. The van der Waals surface area contributed by atoms with Gasteiger partial charge in [0.25, 0.3) is 0 Å². The SMILES string of the molecule is CC(=O)O/N=C(\C)C(c1ccc(Cl)cc1)c1ccc(Cl)cc1. The predicted molar refractivity (Wildman–Crippen MR) is 89.6 cm³/mol. The molecular formula is C17H15Cl2NO2. The maximum absolute atomic E-state index is 11.0. The van der Waals surface area contributed by atoms with Crippen LogP contribution in [0.5, 0.6) is 0 Å². The topological polar surface area (TPSA) is 38.7 Å². The van der Waals surface area contributed by atoms with Gasteiger partial charge in [0.1, 0.15) is 0 Å². The van der Waals surface area contributed by atoms with Crippen molar-refractivity contribution in [3.8, 4) is 0 Å². The second-order valence-corrected chi connectivity index (χ2v) is 5.72. The molecule has 3 nitrogen and oxygen atoms in total. The summed E-state index contributed by atoms with van der Waals surface area (Å²) in [7, 11) is 0. The molecule has 5 heteroatoms. The third-order valence-corrected chi connectivity index (χ3v) is 3.65. The third kappa shape index (κ3) is 4.33. The Labute approximate surface area is 139 Å². The van der Waals surface area contributed by atoms with E-state index < -0.39 is 5.97 Å². The van der Waals surface area contributed by atoms with Crippen molar-refractivity contribution in [2.24, 2.45) is 5.16 Å². The lowest BCUT2D eigenvalue weighted by Crippen LogP contribution is -2.12. The van der Waals surface area contributed by atoms with Gasteiger partial charge in [0.2, 0.25) is 0 Å². The molecule has 0 atom stereocenters. The molecule has 0 bridgehead atoms. The molecule has 2 rings (SSSR count). The van der Waals surface area contributed by atoms with Crippen molar-refractivity contribution in [2.75, 3.05) is 0 Å². The summed E-state index contributed by atoms with van der Waals surface area (Å²) in [5.41, 5.74) is 2.67. The van der Waals surface area contributed by atoms with Gasteiger partial charge in [-0.1, -0.05) is 52.6 Å². The van der Waals surface area contributed by atoms with E-state index in [0.717, 1.165) is 11.1 Å². The highest BCUT2D eigenvalue weighted by Crippen LogP contribution is 2.28. The molecule has 22 heavy (non-hydrogen) atoms. The average molecular weight is 336 g/mol. The van der Waals surface area contributed by atoms with Crippen LogP contribution < -0.4 is 0 Å². The van der Waals surface area contributed by atoms with Gasteiger partial charge < -0.3 is 4.84 Å².